The molecule has 0 unspecified atom stereocenters. The van der Waals surface area contributed by atoms with E-state index in [0.717, 1.165) is 59.3 Å². The fourth-order valence-electron chi connectivity index (χ4n) is 7.31. The number of carbonyl (C=O) groups excluding carboxylic acids is 4. The number of benzene rings is 2. The van der Waals surface area contributed by atoms with Crippen LogP contribution in [0.25, 0.3) is 22.5 Å². The van der Waals surface area contributed by atoms with Crippen molar-refractivity contribution in [1.82, 2.24) is 40.4 Å². The SMILES string of the molecule is COC(=O)N[C@@H](C(=O)N1CCC[C@H]1c1ncc(-c2ccc(C#Cc3ccc(-c4cnc([C@@H]5CCCN5C(=O)[C@H](NC(=O)OC)[C@H](C)OC)[nH]4)cc3)cc2)[nH]1)[C@H](C)OC. The molecule has 2 saturated heterocycles. The van der Waals surface area contributed by atoms with Crippen LogP contribution in [-0.2, 0) is 28.5 Å². The van der Waals surface area contributed by atoms with Crippen molar-refractivity contribution < 1.29 is 38.1 Å². The van der Waals surface area contributed by atoms with Crippen molar-refractivity contribution in [3.63, 3.8) is 0 Å². The number of alkyl carbamates (subject to hydrolysis) is 2. The molecular weight excluding hydrogens is 745 g/mol. The van der Waals surface area contributed by atoms with Gasteiger partial charge in [-0.3, -0.25) is 9.59 Å². The Labute approximate surface area is 337 Å². The first kappa shape index (κ1) is 41.5. The molecule has 16 nitrogen and oxygen atoms in total. The number of H-pyrrole nitrogens is 2. The van der Waals surface area contributed by atoms with Gasteiger partial charge in [-0.2, -0.15) is 0 Å². The van der Waals surface area contributed by atoms with Crippen LogP contribution in [0.5, 0.6) is 0 Å². The van der Waals surface area contributed by atoms with Crippen LogP contribution in [0.15, 0.2) is 60.9 Å². The average molecular weight is 795 g/mol. The van der Waals surface area contributed by atoms with Crippen molar-refractivity contribution in [3.8, 4) is 34.4 Å². The Morgan fingerprint density at radius 1 is 0.655 bits per heavy atom. The number of amides is 4. The highest BCUT2D eigenvalue weighted by Crippen LogP contribution is 2.34. The molecule has 4 aromatic rings. The van der Waals surface area contributed by atoms with E-state index in [1.165, 1.54) is 28.4 Å². The predicted molar refractivity (Wildman–Crippen MR) is 213 cm³/mol. The topological polar surface area (TPSA) is 193 Å². The van der Waals surface area contributed by atoms with Crippen molar-refractivity contribution in [2.75, 3.05) is 41.5 Å². The zero-order chi connectivity index (χ0) is 41.3. The Morgan fingerprint density at radius 3 is 1.38 bits per heavy atom. The van der Waals surface area contributed by atoms with Gasteiger partial charge in [0.05, 0.1) is 62.3 Å². The summed E-state index contributed by atoms with van der Waals surface area (Å²) in [7, 11) is 5.49. The first-order valence-corrected chi connectivity index (χ1v) is 19.2. The van der Waals surface area contributed by atoms with E-state index in [-0.39, 0.29) is 23.9 Å². The molecule has 0 aliphatic carbocycles. The number of likely N-dealkylation sites (tertiary alicyclic amines) is 2. The maximum absolute atomic E-state index is 13.6. The number of methoxy groups -OCH3 is 4. The Balaban J connectivity index is 1.08. The summed E-state index contributed by atoms with van der Waals surface area (Å²) in [5.74, 6) is 7.30. The number of nitrogens with one attached hydrogen (secondary N) is 4. The molecule has 0 bridgehead atoms. The lowest BCUT2D eigenvalue weighted by Crippen LogP contribution is -2.54. The van der Waals surface area contributed by atoms with Gasteiger partial charge in [-0.25, -0.2) is 19.6 Å². The summed E-state index contributed by atoms with van der Waals surface area (Å²) in [6, 6.07) is 13.3. The van der Waals surface area contributed by atoms with Crippen molar-refractivity contribution >= 4 is 24.0 Å². The third-order valence-corrected chi connectivity index (χ3v) is 10.8. The highest BCUT2D eigenvalue weighted by molar-refractivity contribution is 5.87. The molecule has 4 amide bonds. The lowest BCUT2D eigenvalue weighted by molar-refractivity contribution is -0.138. The molecule has 2 aromatic carbocycles. The molecule has 306 valence electrons. The van der Waals surface area contributed by atoms with E-state index in [0.29, 0.717) is 24.7 Å². The zero-order valence-electron chi connectivity index (χ0n) is 33.5. The fourth-order valence-corrected chi connectivity index (χ4v) is 7.31. The second-order valence-corrected chi connectivity index (χ2v) is 14.3. The number of hydrogen-bond donors (Lipinski definition) is 4. The third-order valence-electron chi connectivity index (χ3n) is 10.8. The molecule has 4 heterocycles. The Hall–Kier alpha value is -6.18. The second kappa shape index (κ2) is 18.8. The van der Waals surface area contributed by atoms with Gasteiger partial charge in [0.2, 0.25) is 11.8 Å². The summed E-state index contributed by atoms with van der Waals surface area (Å²) in [5.41, 5.74) is 5.16. The smallest absolute Gasteiger partial charge is 0.407 e. The molecule has 2 aromatic heterocycles. The van der Waals surface area contributed by atoms with Crippen LogP contribution in [0.2, 0.25) is 0 Å². The van der Waals surface area contributed by atoms with E-state index in [1.54, 1.807) is 36.0 Å². The van der Waals surface area contributed by atoms with Gasteiger partial charge in [0.1, 0.15) is 23.7 Å². The van der Waals surface area contributed by atoms with Crippen LogP contribution in [0, 0.1) is 11.8 Å². The molecule has 0 spiro atoms. The lowest BCUT2D eigenvalue weighted by atomic mass is 10.1. The molecule has 58 heavy (non-hydrogen) atoms. The first-order chi connectivity index (χ1) is 28.0. The van der Waals surface area contributed by atoms with Gasteiger partial charge in [-0.05, 0) is 74.9 Å². The maximum atomic E-state index is 13.6. The van der Waals surface area contributed by atoms with Crippen molar-refractivity contribution in [2.24, 2.45) is 0 Å². The number of rotatable bonds is 12. The van der Waals surface area contributed by atoms with Gasteiger partial charge in [0.15, 0.2) is 0 Å². The molecule has 4 N–H and O–H groups in total. The number of hydrogen-bond acceptors (Lipinski definition) is 10. The average Bonchev–Trinajstić information content (AvgIpc) is 4.10. The molecule has 6 rings (SSSR count). The van der Waals surface area contributed by atoms with E-state index >= 15 is 0 Å². The van der Waals surface area contributed by atoms with Crippen molar-refractivity contribution in [2.45, 2.75) is 75.9 Å². The lowest BCUT2D eigenvalue weighted by Gasteiger charge is -2.30. The van der Waals surface area contributed by atoms with E-state index in [2.05, 4.69) is 42.4 Å². The highest BCUT2D eigenvalue weighted by atomic mass is 16.5. The molecule has 16 heteroatoms. The van der Waals surface area contributed by atoms with Gasteiger partial charge in [-0.1, -0.05) is 36.1 Å². The predicted octanol–water partition coefficient (Wildman–Crippen LogP) is 4.71. The summed E-state index contributed by atoms with van der Waals surface area (Å²) in [4.78, 5) is 70.6. The molecule has 6 atom stereocenters. The first-order valence-electron chi connectivity index (χ1n) is 19.2. The number of nitrogens with zero attached hydrogens (tertiary/aromatic N) is 4. The van der Waals surface area contributed by atoms with Gasteiger partial charge >= 0.3 is 12.2 Å². The second-order valence-electron chi connectivity index (χ2n) is 14.3. The molecule has 2 aliphatic rings. The van der Waals surface area contributed by atoms with E-state index in [1.807, 2.05) is 48.5 Å². The fraction of sp³-hybridized carbons (Fsp3) is 0.429. The van der Waals surface area contributed by atoms with Gasteiger partial charge in [0, 0.05) is 38.4 Å². The van der Waals surface area contributed by atoms with Gasteiger partial charge < -0.3 is 49.3 Å². The van der Waals surface area contributed by atoms with Gasteiger partial charge in [0.25, 0.3) is 0 Å². The summed E-state index contributed by atoms with van der Waals surface area (Å²) < 4.78 is 20.2. The number of carbonyl (C=O) groups is 4. The normalized spacial score (nSPS) is 18.4. The summed E-state index contributed by atoms with van der Waals surface area (Å²) in [6.45, 7) is 4.52. The molecule has 2 fully saturated rings. The zero-order valence-corrected chi connectivity index (χ0v) is 33.5. The largest absolute Gasteiger partial charge is 0.453 e. The molecular formula is C42H50N8O8. The van der Waals surface area contributed by atoms with E-state index < -0.39 is 36.5 Å². The summed E-state index contributed by atoms with van der Waals surface area (Å²) in [6.07, 6.45) is 4.08. The van der Waals surface area contributed by atoms with Crippen molar-refractivity contribution in [1.29, 1.82) is 0 Å². The summed E-state index contributed by atoms with van der Waals surface area (Å²) in [5, 5.41) is 5.22. The van der Waals surface area contributed by atoms with Crippen molar-refractivity contribution in [3.05, 3.63) is 83.7 Å². The maximum Gasteiger partial charge on any atom is 0.407 e. The minimum Gasteiger partial charge on any atom is -0.453 e. The van der Waals surface area contributed by atoms with Crippen LogP contribution in [0.3, 0.4) is 0 Å². The highest BCUT2D eigenvalue weighted by Gasteiger charge is 2.40. The third kappa shape index (κ3) is 9.33. The van der Waals surface area contributed by atoms with Crippen LogP contribution < -0.4 is 10.6 Å². The number of aromatic amines is 2. The standard InChI is InChI=1S/C42H50N8O8/c1-25(55-3)35(47-41(53)57-5)39(51)49-21-7-9-33(49)37-43-23-31(45-37)29-17-13-27(14-18-29)11-12-28-15-19-30(20-16-28)32-24-44-38(46-32)34-10-8-22-50(34)40(52)36(26(2)56-4)48-42(54)58-6/h13-20,23-26,33-36H,7-10,21-22H2,1-6H3,(H,43,45)(H,44,46)(H,47,53)(H,48,54)/t25-,26-,33-,34-,35+,36+/m0/s1. The molecule has 2 aliphatic heterocycles. The minimum absolute atomic E-state index is 0.256. The van der Waals surface area contributed by atoms with Crippen LogP contribution in [0.1, 0.15) is 74.4 Å². The van der Waals surface area contributed by atoms with E-state index in [9.17, 15) is 19.2 Å². The Kier molecular flexibility index (Phi) is 13.5. The number of ether oxygens (including phenoxy) is 4. The molecule has 0 saturated carbocycles. The number of aromatic nitrogens is 4. The van der Waals surface area contributed by atoms with Crippen LogP contribution in [0.4, 0.5) is 9.59 Å². The minimum atomic E-state index is -0.901. The van der Waals surface area contributed by atoms with E-state index in [4.69, 9.17) is 18.9 Å². The molecule has 0 radical (unpaired) electrons. The monoisotopic (exact) mass is 794 g/mol. The van der Waals surface area contributed by atoms with Gasteiger partial charge in [-0.15, -0.1) is 0 Å². The van der Waals surface area contributed by atoms with Crippen LogP contribution >= 0.6 is 0 Å². The Bertz CT molecular complexity index is 1970. The Morgan fingerprint density at radius 2 is 1.03 bits per heavy atom. The van der Waals surface area contributed by atoms with Crippen LogP contribution in [-0.4, -0.2) is 120 Å². The quantitative estimate of drug-likeness (QED) is 0.146. The number of imidazole rings is 2. The summed E-state index contributed by atoms with van der Waals surface area (Å²) >= 11 is 0.